The smallest absolute Gasteiger partial charge is 0.271 e. The molecule has 0 saturated carbocycles. The summed E-state index contributed by atoms with van der Waals surface area (Å²) in [4.78, 5) is 12.0. The molecule has 7 heteroatoms. The molecule has 0 unspecified atom stereocenters. The van der Waals surface area contributed by atoms with Gasteiger partial charge >= 0.3 is 0 Å². The Hall–Kier alpha value is -1.80. The average molecular weight is 487 g/mol. The first kappa shape index (κ1) is 20.5. The molecule has 2 rings (SSSR count). The van der Waals surface area contributed by atoms with Crippen molar-refractivity contribution in [2.24, 2.45) is 5.10 Å². The van der Waals surface area contributed by atoms with E-state index in [0.717, 1.165) is 15.6 Å². The summed E-state index contributed by atoms with van der Waals surface area (Å²) in [6, 6.07) is 10.3. The molecule has 1 N–H and O–H groups in total. The maximum absolute atomic E-state index is 12.0. The molecule has 0 aliphatic rings. The lowest BCUT2D eigenvalue weighted by atomic mass is 10.2. The van der Waals surface area contributed by atoms with Crippen LogP contribution in [0.3, 0.4) is 0 Å². The van der Waals surface area contributed by atoms with E-state index in [4.69, 9.17) is 21.1 Å². The predicted octanol–water partition coefficient (Wildman–Crippen LogP) is 4.89. The summed E-state index contributed by atoms with van der Waals surface area (Å²) >= 11 is 8.01. The molecule has 138 valence electrons. The Morgan fingerprint density at radius 3 is 2.65 bits per heavy atom. The zero-order valence-electron chi connectivity index (χ0n) is 14.8. The minimum absolute atomic E-state index is 0.0931. The molecule has 2 aromatic rings. The molecule has 0 radical (unpaired) electrons. The normalized spacial score (nSPS) is 12.0. The number of rotatable bonds is 7. The van der Waals surface area contributed by atoms with Gasteiger partial charge in [0.2, 0.25) is 0 Å². The lowest BCUT2D eigenvalue weighted by Gasteiger charge is -2.17. The van der Waals surface area contributed by atoms with Crippen molar-refractivity contribution in [3.05, 3.63) is 56.1 Å². The quantitative estimate of drug-likeness (QED) is 0.344. The van der Waals surface area contributed by atoms with Crippen molar-refractivity contribution in [3.63, 3.8) is 0 Å². The number of hydrogen-bond acceptors (Lipinski definition) is 4. The number of nitrogens with one attached hydrogen (secondary N) is 1. The van der Waals surface area contributed by atoms with Crippen molar-refractivity contribution in [3.8, 4) is 11.5 Å². The van der Waals surface area contributed by atoms with E-state index in [1.54, 1.807) is 37.6 Å². The van der Waals surface area contributed by atoms with Gasteiger partial charge in [-0.25, -0.2) is 5.43 Å². The van der Waals surface area contributed by atoms with Gasteiger partial charge in [-0.15, -0.1) is 0 Å². The standard InChI is InChI=1S/C19H20ClIN2O3/c1-4-12(2)26-18-16(21)9-13(10-17(18)25-3)11-22-23-19(24)14-5-7-15(20)8-6-14/h5-12H,4H2,1-3H3,(H,23,24)/b22-11-/t12-/m0/s1. The highest BCUT2D eigenvalue weighted by Gasteiger charge is 2.13. The lowest BCUT2D eigenvalue weighted by Crippen LogP contribution is -2.17. The molecule has 0 aliphatic carbocycles. The Balaban J connectivity index is 2.11. The molecule has 0 aliphatic heterocycles. The molecule has 0 bridgehead atoms. The van der Waals surface area contributed by atoms with E-state index in [1.807, 2.05) is 19.1 Å². The van der Waals surface area contributed by atoms with Crippen LogP contribution in [0.2, 0.25) is 5.02 Å². The van der Waals surface area contributed by atoms with Gasteiger partial charge in [-0.3, -0.25) is 4.79 Å². The third-order valence-electron chi connectivity index (χ3n) is 3.63. The number of amides is 1. The van der Waals surface area contributed by atoms with Gasteiger partial charge in [-0.05, 0) is 77.9 Å². The number of ether oxygens (including phenoxy) is 2. The highest BCUT2D eigenvalue weighted by molar-refractivity contribution is 14.1. The highest BCUT2D eigenvalue weighted by atomic mass is 127. The van der Waals surface area contributed by atoms with Crippen molar-refractivity contribution in [2.75, 3.05) is 7.11 Å². The Labute approximate surface area is 171 Å². The molecule has 1 amide bonds. The van der Waals surface area contributed by atoms with Crippen molar-refractivity contribution >= 4 is 46.3 Å². The molecule has 2 aromatic carbocycles. The highest BCUT2D eigenvalue weighted by Crippen LogP contribution is 2.34. The second-order valence-electron chi connectivity index (χ2n) is 5.58. The van der Waals surface area contributed by atoms with Gasteiger partial charge in [0.15, 0.2) is 11.5 Å². The van der Waals surface area contributed by atoms with Crippen molar-refractivity contribution in [1.29, 1.82) is 0 Å². The predicted molar refractivity (Wildman–Crippen MR) is 113 cm³/mol. The molecule has 0 heterocycles. The topological polar surface area (TPSA) is 59.9 Å². The van der Waals surface area contributed by atoms with Crippen molar-refractivity contribution in [1.82, 2.24) is 5.43 Å². The van der Waals surface area contributed by atoms with E-state index in [1.165, 1.54) is 0 Å². The first-order chi connectivity index (χ1) is 12.4. The number of carbonyl (C=O) groups is 1. The minimum atomic E-state index is -0.309. The summed E-state index contributed by atoms with van der Waals surface area (Å²) in [7, 11) is 1.60. The fraction of sp³-hybridized carbons (Fsp3) is 0.263. The summed E-state index contributed by atoms with van der Waals surface area (Å²) in [5.41, 5.74) is 3.77. The molecule has 0 saturated heterocycles. The third kappa shape index (κ3) is 5.60. The summed E-state index contributed by atoms with van der Waals surface area (Å²) < 4.78 is 12.3. The van der Waals surface area contributed by atoms with E-state index in [9.17, 15) is 4.79 Å². The second kappa shape index (κ2) is 9.78. The third-order valence-corrected chi connectivity index (χ3v) is 4.69. The van der Waals surface area contributed by atoms with Crippen LogP contribution >= 0.6 is 34.2 Å². The number of hydrazone groups is 1. The van der Waals surface area contributed by atoms with E-state index in [2.05, 4.69) is 40.0 Å². The molecular formula is C19H20ClIN2O3. The molecule has 5 nitrogen and oxygen atoms in total. The number of hydrogen-bond donors (Lipinski definition) is 1. The summed E-state index contributed by atoms with van der Waals surface area (Å²) in [6.45, 7) is 4.07. The van der Waals surface area contributed by atoms with Gasteiger partial charge in [0.05, 0.1) is 23.0 Å². The Morgan fingerprint density at radius 1 is 1.35 bits per heavy atom. The van der Waals surface area contributed by atoms with Crippen LogP contribution in [-0.2, 0) is 0 Å². The largest absolute Gasteiger partial charge is 0.493 e. The fourth-order valence-electron chi connectivity index (χ4n) is 2.04. The van der Waals surface area contributed by atoms with Gasteiger partial charge in [0.1, 0.15) is 0 Å². The summed E-state index contributed by atoms with van der Waals surface area (Å²) in [6.07, 6.45) is 2.56. The molecule has 0 aromatic heterocycles. The number of benzene rings is 2. The van der Waals surface area contributed by atoms with Crippen molar-refractivity contribution < 1.29 is 14.3 Å². The number of carbonyl (C=O) groups excluding carboxylic acids is 1. The van der Waals surface area contributed by atoms with Crippen LogP contribution in [0.25, 0.3) is 0 Å². The SMILES string of the molecule is CC[C@H](C)Oc1c(I)cc(/C=N\NC(=O)c2ccc(Cl)cc2)cc1OC. The lowest BCUT2D eigenvalue weighted by molar-refractivity contribution is 0.0955. The van der Waals surface area contributed by atoms with E-state index in [0.29, 0.717) is 22.1 Å². The van der Waals surface area contributed by atoms with Gasteiger partial charge in [0.25, 0.3) is 5.91 Å². The van der Waals surface area contributed by atoms with Crippen molar-refractivity contribution in [2.45, 2.75) is 26.4 Å². The molecular weight excluding hydrogens is 467 g/mol. The van der Waals surface area contributed by atoms with Gasteiger partial charge in [0, 0.05) is 10.6 Å². The zero-order valence-corrected chi connectivity index (χ0v) is 17.7. The first-order valence-electron chi connectivity index (χ1n) is 8.07. The second-order valence-corrected chi connectivity index (χ2v) is 7.18. The molecule has 0 fully saturated rings. The Morgan fingerprint density at radius 2 is 2.04 bits per heavy atom. The van der Waals surface area contributed by atoms with Crippen LogP contribution < -0.4 is 14.9 Å². The van der Waals surface area contributed by atoms with E-state index >= 15 is 0 Å². The van der Waals surface area contributed by atoms with Crippen LogP contribution in [0.15, 0.2) is 41.5 Å². The molecule has 0 spiro atoms. The number of nitrogens with zero attached hydrogens (tertiary/aromatic N) is 1. The monoisotopic (exact) mass is 486 g/mol. The molecule has 1 atom stereocenters. The maximum Gasteiger partial charge on any atom is 0.271 e. The van der Waals surface area contributed by atoms with Gasteiger partial charge in [-0.1, -0.05) is 18.5 Å². The van der Waals surface area contributed by atoms with Gasteiger partial charge in [-0.2, -0.15) is 5.10 Å². The zero-order chi connectivity index (χ0) is 19.1. The van der Waals surface area contributed by atoms with Crippen LogP contribution in [0, 0.1) is 3.57 Å². The van der Waals surface area contributed by atoms with Gasteiger partial charge < -0.3 is 9.47 Å². The Kier molecular flexibility index (Phi) is 7.71. The summed E-state index contributed by atoms with van der Waals surface area (Å²) in [5, 5.41) is 4.58. The van der Waals surface area contributed by atoms with Crippen LogP contribution in [0.5, 0.6) is 11.5 Å². The first-order valence-corrected chi connectivity index (χ1v) is 9.53. The van der Waals surface area contributed by atoms with Crippen LogP contribution in [0.4, 0.5) is 0 Å². The van der Waals surface area contributed by atoms with Crippen LogP contribution in [-0.4, -0.2) is 25.3 Å². The van der Waals surface area contributed by atoms with E-state index < -0.39 is 0 Å². The minimum Gasteiger partial charge on any atom is -0.493 e. The fourth-order valence-corrected chi connectivity index (χ4v) is 2.92. The maximum atomic E-state index is 12.0. The molecule has 26 heavy (non-hydrogen) atoms. The number of halogens is 2. The average Bonchev–Trinajstić information content (AvgIpc) is 2.63. The van der Waals surface area contributed by atoms with Crippen LogP contribution in [0.1, 0.15) is 36.2 Å². The van der Waals surface area contributed by atoms with E-state index in [-0.39, 0.29) is 12.0 Å². The summed E-state index contributed by atoms with van der Waals surface area (Å²) in [5.74, 6) is 1.03. The Bertz CT molecular complexity index is 794. The number of methoxy groups -OCH3 is 1.